The summed E-state index contributed by atoms with van der Waals surface area (Å²) in [6.07, 6.45) is 0. The summed E-state index contributed by atoms with van der Waals surface area (Å²) < 4.78 is 0. The van der Waals surface area contributed by atoms with Gasteiger partial charge in [-0.2, -0.15) is 18.2 Å². The third kappa shape index (κ3) is 9.17. The van der Waals surface area contributed by atoms with Crippen molar-refractivity contribution in [1.29, 1.82) is 0 Å². The Morgan fingerprint density at radius 3 is 1.25 bits per heavy atom. The van der Waals surface area contributed by atoms with Gasteiger partial charge in [-0.15, -0.1) is 39.7 Å². The van der Waals surface area contributed by atoms with Crippen molar-refractivity contribution in [2.45, 2.75) is 66.2 Å². The molecule has 0 bridgehead atoms. The Labute approximate surface area is 280 Å². The van der Waals surface area contributed by atoms with Gasteiger partial charge in [0.1, 0.15) is 0 Å². The number of aryl methyl sites for hydroxylation is 2. The van der Waals surface area contributed by atoms with E-state index in [2.05, 4.69) is 146 Å². The predicted molar refractivity (Wildman–Crippen MR) is 196 cm³/mol. The van der Waals surface area contributed by atoms with Gasteiger partial charge in [0.15, 0.2) is 0 Å². The Kier molecular flexibility index (Phi) is 11.7. The molecular weight excluding hydrogens is 671 g/mol. The van der Waals surface area contributed by atoms with Crippen LogP contribution in [0.15, 0.2) is 121 Å². The Bertz CT molecular complexity index is 1690. The maximum Gasteiger partial charge on any atom is -0.172 e. The number of hydrogen-bond donors (Lipinski definition) is 0. The van der Waals surface area contributed by atoms with Gasteiger partial charge in [-0.25, -0.2) is 12.1 Å². The summed E-state index contributed by atoms with van der Waals surface area (Å²) in [5, 5.41) is 8.16. The number of fused-ring (bicyclic) bond motifs is 3. The molecule has 6 aromatic carbocycles. The molecule has 0 saturated heterocycles. The maximum atomic E-state index is 6.40. The molecule has 0 fully saturated rings. The van der Waals surface area contributed by atoms with Gasteiger partial charge in [0.2, 0.25) is 0 Å². The molecule has 6 aromatic rings. The fourth-order valence-corrected chi connectivity index (χ4v) is 20.3. The Balaban J connectivity index is 0.000000175. The van der Waals surface area contributed by atoms with Crippen LogP contribution in [-0.2, 0) is 28.8 Å². The van der Waals surface area contributed by atoms with Gasteiger partial charge in [0, 0.05) is 0 Å². The zero-order chi connectivity index (χ0) is 32.1. The standard InChI is InChI=1S/C21H25.C14H14Si.C5H5.2ClH.Zr/c1-20(2,3)16-7-9-18-14(12-16)11-15-13-17(21(4,5)6)8-10-19(15)18;1-11-3-7-13(8-4-11)15-14-9-5-12(2)6-10-14;1-2-4-5-3-1;;;/h7-13H,1-6H3;3-10H,1-2H3;1-5H;2*1H;/q-1;;-1;;;+2/p-2. The molecule has 44 heavy (non-hydrogen) atoms. The fraction of sp³-hybridized carbons (Fsp3) is 0.250. The van der Waals surface area contributed by atoms with Crippen molar-refractivity contribution in [3.05, 3.63) is 144 Å². The minimum Gasteiger partial charge on any atom is -0.214 e. The molecule has 0 saturated carbocycles. The second kappa shape index (κ2) is 14.9. The van der Waals surface area contributed by atoms with Crippen molar-refractivity contribution in [1.82, 2.24) is 0 Å². The maximum absolute atomic E-state index is 6.40. The van der Waals surface area contributed by atoms with E-state index in [0.29, 0.717) is 0 Å². The molecule has 0 spiro atoms. The molecule has 0 unspecified atom stereocenters. The minimum absolute atomic E-state index is 0.203. The molecule has 0 heterocycles. The van der Waals surface area contributed by atoms with Gasteiger partial charge in [0.05, 0.1) is 0 Å². The molecule has 4 heteroatoms. The summed E-state index contributed by atoms with van der Waals surface area (Å²) in [7, 11) is 12.8. The van der Waals surface area contributed by atoms with E-state index in [4.69, 9.17) is 17.0 Å². The van der Waals surface area contributed by atoms with Crippen LogP contribution in [0.4, 0.5) is 0 Å². The molecular formula is C40H44Cl2SiZr-2. The van der Waals surface area contributed by atoms with Gasteiger partial charge in [-0.05, 0) is 10.8 Å². The molecule has 0 N–H and O–H groups in total. The van der Waals surface area contributed by atoms with Crippen LogP contribution in [0.1, 0.15) is 63.8 Å². The summed E-state index contributed by atoms with van der Waals surface area (Å²) in [6, 6.07) is 43.5. The molecule has 0 amide bonds. The number of benzene rings is 4. The van der Waals surface area contributed by atoms with Crippen LogP contribution in [-0.4, -0.2) is 5.43 Å². The molecule has 0 nitrogen and oxygen atoms in total. The van der Waals surface area contributed by atoms with E-state index in [1.165, 1.54) is 54.2 Å². The largest absolute Gasteiger partial charge is 0.214 e. The van der Waals surface area contributed by atoms with E-state index in [1.807, 2.05) is 30.3 Å². The Morgan fingerprint density at radius 1 is 0.568 bits per heavy atom. The van der Waals surface area contributed by atoms with Gasteiger partial charge in [0.25, 0.3) is 0 Å². The second-order valence-corrected chi connectivity index (χ2v) is 32.8. The summed E-state index contributed by atoms with van der Waals surface area (Å²) in [5.41, 5.74) is 4.84. The molecule has 0 radical (unpaired) electrons. The third-order valence-corrected chi connectivity index (χ3v) is 23.8. The summed E-state index contributed by atoms with van der Waals surface area (Å²) in [5.74, 6) is 0. The first kappa shape index (κ1) is 34.6. The second-order valence-electron chi connectivity index (χ2n) is 13.6. The molecule has 0 atom stereocenters. The topological polar surface area (TPSA) is 0 Å². The van der Waals surface area contributed by atoms with E-state index in [-0.39, 0.29) is 10.8 Å². The van der Waals surface area contributed by atoms with Crippen LogP contribution in [0.5, 0.6) is 0 Å². The quantitative estimate of drug-likeness (QED) is 0.124. The average molecular weight is 715 g/mol. The van der Waals surface area contributed by atoms with Crippen LogP contribution in [0.25, 0.3) is 21.5 Å². The van der Waals surface area contributed by atoms with Crippen molar-refractivity contribution >= 4 is 54.4 Å². The van der Waals surface area contributed by atoms with Gasteiger partial charge >= 0.3 is 124 Å². The zero-order valence-electron chi connectivity index (χ0n) is 27.3. The van der Waals surface area contributed by atoms with E-state index in [0.717, 1.165) is 0 Å². The number of rotatable bonds is 2. The van der Waals surface area contributed by atoms with Crippen LogP contribution >= 0.6 is 17.0 Å². The van der Waals surface area contributed by atoms with E-state index < -0.39 is 23.4 Å². The first-order chi connectivity index (χ1) is 20.7. The third-order valence-electron chi connectivity index (χ3n) is 7.86. The van der Waals surface area contributed by atoms with E-state index in [1.54, 1.807) is 0 Å². The summed E-state index contributed by atoms with van der Waals surface area (Å²) >= 11 is -2.30. The summed E-state index contributed by atoms with van der Waals surface area (Å²) in [6.45, 7) is 17.8. The van der Waals surface area contributed by atoms with Crippen LogP contribution in [0.2, 0.25) is 0 Å². The van der Waals surface area contributed by atoms with Gasteiger partial charge < -0.3 is 0 Å². The first-order valence-electron chi connectivity index (χ1n) is 15.2. The molecule has 228 valence electrons. The fourth-order valence-electron chi connectivity index (χ4n) is 5.10. The molecule has 0 aliphatic heterocycles. The molecule has 0 aliphatic carbocycles. The number of hydrogen-bond acceptors (Lipinski definition) is 0. The minimum atomic E-state index is -2.30. The first-order valence-corrected chi connectivity index (χ1v) is 26.8. The number of halogens is 2. The smallest absolute Gasteiger partial charge is 0.172 e. The molecule has 0 aliphatic rings. The van der Waals surface area contributed by atoms with E-state index >= 15 is 0 Å². The molecule has 6 rings (SSSR count). The van der Waals surface area contributed by atoms with Crippen LogP contribution in [0.3, 0.4) is 0 Å². The van der Waals surface area contributed by atoms with Crippen molar-refractivity contribution in [3.63, 3.8) is 0 Å². The summed E-state index contributed by atoms with van der Waals surface area (Å²) in [4.78, 5) is 0. The monoisotopic (exact) mass is 712 g/mol. The Hall–Kier alpha value is -2.22. The zero-order valence-corrected chi connectivity index (χ0v) is 32.3. The van der Waals surface area contributed by atoms with Crippen molar-refractivity contribution in [2.75, 3.05) is 0 Å². The normalized spacial score (nSPS) is 11.4. The van der Waals surface area contributed by atoms with Crippen LogP contribution in [0, 0.1) is 13.8 Å². The SMILES string of the molecule is CC(C)(C)c1ccc2c(c1)[cH-]c1cc(C(C)(C)C)ccc12.Cc1ccc([Si](c2ccc(C)cc2)=[Zr]([Cl])[Cl])cc1.c1cc[cH-]c1. The predicted octanol–water partition coefficient (Wildman–Crippen LogP) is 11.0. The van der Waals surface area contributed by atoms with Crippen molar-refractivity contribution in [3.8, 4) is 0 Å². The Morgan fingerprint density at radius 2 is 0.955 bits per heavy atom. The van der Waals surface area contributed by atoms with Crippen LogP contribution < -0.4 is 10.4 Å². The van der Waals surface area contributed by atoms with Crippen molar-refractivity contribution < 1.29 is 18.0 Å². The van der Waals surface area contributed by atoms with E-state index in [9.17, 15) is 0 Å². The molecule has 0 aromatic heterocycles. The van der Waals surface area contributed by atoms with Gasteiger partial charge in [-0.3, -0.25) is 0 Å². The van der Waals surface area contributed by atoms with Crippen molar-refractivity contribution in [2.24, 2.45) is 0 Å². The average Bonchev–Trinajstić information content (AvgIpc) is 3.66. The van der Waals surface area contributed by atoms with Gasteiger partial charge in [-0.1, -0.05) is 76.9 Å².